The van der Waals surface area contributed by atoms with Crippen molar-refractivity contribution in [2.75, 3.05) is 13.7 Å². The molecule has 0 saturated carbocycles. The number of esters is 1. The molecule has 0 heterocycles. The van der Waals surface area contributed by atoms with Gasteiger partial charge in [-0.25, -0.2) is 4.79 Å². The Balaban J connectivity index is 4.65. The number of hydrogen-bond donors (Lipinski definition) is 0. The number of amides is 1. The molecule has 1 amide bonds. The van der Waals surface area contributed by atoms with Crippen molar-refractivity contribution in [3.63, 3.8) is 0 Å². The highest BCUT2D eigenvalue weighted by atomic mass is 16.5. The molecule has 5 heteroatoms. The first-order valence-corrected chi connectivity index (χ1v) is 4.72. The van der Waals surface area contributed by atoms with Crippen molar-refractivity contribution in [3.05, 3.63) is 0 Å². The molecule has 0 fully saturated rings. The van der Waals surface area contributed by atoms with E-state index >= 15 is 0 Å². The number of rotatable bonds is 6. The largest absolute Gasteiger partial charge is 0.467 e. The lowest BCUT2D eigenvalue weighted by molar-refractivity contribution is -0.149. The second-order valence-electron chi connectivity index (χ2n) is 3.60. The molecule has 0 aliphatic heterocycles. The molecule has 0 spiro atoms. The molecule has 0 rings (SSSR count). The summed E-state index contributed by atoms with van der Waals surface area (Å²) in [5.74, 6) is -0.235. The van der Waals surface area contributed by atoms with Crippen LogP contribution in [-0.4, -0.2) is 37.0 Å². The Morgan fingerprint density at radius 2 is 2.20 bits per heavy atom. The van der Waals surface area contributed by atoms with Crippen LogP contribution in [0.15, 0.2) is 0 Å². The van der Waals surface area contributed by atoms with Crippen molar-refractivity contribution in [2.24, 2.45) is 5.92 Å². The average Bonchev–Trinajstić information content (AvgIpc) is 2.21. The van der Waals surface area contributed by atoms with Gasteiger partial charge in [-0.05, 0) is 12.3 Å². The van der Waals surface area contributed by atoms with Crippen molar-refractivity contribution in [1.29, 1.82) is 5.26 Å². The van der Waals surface area contributed by atoms with E-state index in [2.05, 4.69) is 4.74 Å². The predicted octanol–water partition coefficient (Wildman–Crippen LogP) is 0.556. The molecule has 1 atom stereocenters. The maximum Gasteiger partial charge on any atom is 0.328 e. The van der Waals surface area contributed by atoms with E-state index in [9.17, 15) is 9.59 Å². The molecule has 0 aromatic heterocycles. The van der Waals surface area contributed by atoms with Crippen molar-refractivity contribution < 1.29 is 14.3 Å². The lowest BCUT2D eigenvalue weighted by Gasteiger charge is -2.25. The minimum Gasteiger partial charge on any atom is -0.467 e. The zero-order valence-electron chi connectivity index (χ0n) is 9.27. The van der Waals surface area contributed by atoms with Gasteiger partial charge in [0.25, 0.3) is 0 Å². The van der Waals surface area contributed by atoms with Gasteiger partial charge in [-0.2, -0.15) is 5.26 Å². The smallest absolute Gasteiger partial charge is 0.328 e. The Morgan fingerprint density at radius 3 is 2.53 bits per heavy atom. The van der Waals surface area contributed by atoms with E-state index in [1.165, 1.54) is 7.11 Å². The SMILES string of the molecule is COC(=O)[C@H](CC(C)C)N(C=O)CC#N. The number of nitrogens with zero attached hydrogens (tertiary/aromatic N) is 2. The first-order valence-electron chi connectivity index (χ1n) is 4.72. The third kappa shape index (κ3) is 4.45. The van der Waals surface area contributed by atoms with Crippen LogP contribution in [0.1, 0.15) is 20.3 Å². The molecular weight excluding hydrogens is 196 g/mol. The fraction of sp³-hybridized carbons (Fsp3) is 0.700. The van der Waals surface area contributed by atoms with Crippen LogP contribution in [0.5, 0.6) is 0 Å². The number of hydrogen-bond acceptors (Lipinski definition) is 4. The number of nitriles is 1. The van der Waals surface area contributed by atoms with Gasteiger partial charge in [0.2, 0.25) is 6.41 Å². The molecule has 0 bridgehead atoms. The first-order chi connectivity index (χ1) is 7.06. The summed E-state index contributed by atoms with van der Waals surface area (Å²) in [6.07, 6.45) is 1.00. The Kier molecular flexibility index (Phi) is 6.11. The third-order valence-electron chi connectivity index (χ3n) is 1.96. The van der Waals surface area contributed by atoms with E-state index in [4.69, 9.17) is 5.26 Å². The van der Waals surface area contributed by atoms with Crippen LogP contribution in [0.25, 0.3) is 0 Å². The Bertz CT molecular complexity index is 258. The Morgan fingerprint density at radius 1 is 1.60 bits per heavy atom. The van der Waals surface area contributed by atoms with Gasteiger partial charge in [0.1, 0.15) is 12.6 Å². The normalized spacial score (nSPS) is 11.7. The van der Waals surface area contributed by atoms with E-state index in [-0.39, 0.29) is 12.5 Å². The van der Waals surface area contributed by atoms with Gasteiger partial charge in [-0.3, -0.25) is 4.79 Å². The number of carbonyl (C=O) groups excluding carboxylic acids is 2. The molecule has 0 aliphatic rings. The molecule has 0 aromatic rings. The van der Waals surface area contributed by atoms with Gasteiger partial charge in [0, 0.05) is 0 Å². The van der Waals surface area contributed by atoms with E-state index in [1.807, 2.05) is 19.9 Å². The molecule has 84 valence electrons. The van der Waals surface area contributed by atoms with Gasteiger partial charge < -0.3 is 9.64 Å². The summed E-state index contributed by atoms with van der Waals surface area (Å²) in [7, 11) is 1.27. The zero-order chi connectivity index (χ0) is 11.8. The van der Waals surface area contributed by atoms with Crippen molar-refractivity contribution in [3.8, 4) is 6.07 Å². The molecule has 15 heavy (non-hydrogen) atoms. The fourth-order valence-electron chi connectivity index (χ4n) is 1.25. The molecule has 0 unspecified atom stereocenters. The molecular formula is C10H16N2O3. The molecule has 0 N–H and O–H groups in total. The predicted molar refractivity (Wildman–Crippen MR) is 53.6 cm³/mol. The molecule has 0 aromatic carbocycles. The molecule has 0 aliphatic carbocycles. The lowest BCUT2D eigenvalue weighted by atomic mass is 10.0. The van der Waals surface area contributed by atoms with Crippen LogP contribution in [0, 0.1) is 17.2 Å². The van der Waals surface area contributed by atoms with E-state index in [0.29, 0.717) is 12.8 Å². The van der Waals surface area contributed by atoms with Crippen LogP contribution >= 0.6 is 0 Å². The Labute approximate surface area is 89.6 Å². The number of carbonyl (C=O) groups is 2. The molecule has 5 nitrogen and oxygen atoms in total. The second kappa shape index (κ2) is 6.82. The standard InChI is InChI=1S/C10H16N2O3/c1-8(2)6-9(10(14)15-3)12(7-13)5-4-11/h7-9H,5-6H2,1-3H3/t9-/m0/s1. The van der Waals surface area contributed by atoms with Crippen molar-refractivity contribution in [2.45, 2.75) is 26.3 Å². The van der Waals surface area contributed by atoms with Crippen molar-refractivity contribution >= 4 is 12.4 Å². The summed E-state index contributed by atoms with van der Waals surface area (Å²) in [5, 5.41) is 8.50. The molecule has 0 saturated heterocycles. The summed E-state index contributed by atoms with van der Waals surface area (Å²) in [5.41, 5.74) is 0. The van der Waals surface area contributed by atoms with Gasteiger partial charge in [-0.1, -0.05) is 13.8 Å². The van der Waals surface area contributed by atoms with E-state index in [1.54, 1.807) is 0 Å². The van der Waals surface area contributed by atoms with Crippen LogP contribution in [-0.2, 0) is 14.3 Å². The quantitative estimate of drug-likeness (QED) is 0.366. The lowest BCUT2D eigenvalue weighted by Crippen LogP contribution is -2.42. The monoisotopic (exact) mass is 212 g/mol. The van der Waals surface area contributed by atoms with Crippen LogP contribution < -0.4 is 0 Å². The minimum atomic E-state index is -0.660. The topological polar surface area (TPSA) is 70.4 Å². The summed E-state index contributed by atoms with van der Waals surface area (Å²) >= 11 is 0. The minimum absolute atomic E-state index is 0.101. The van der Waals surface area contributed by atoms with Gasteiger partial charge in [0.15, 0.2) is 0 Å². The molecule has 0 radical (unpaired) electrons. The summed E-state index contributed by atoms with van der Waals surface area (Å²) in [6.45, 7) is 3.77. The summed E-state index contributed by atoms with van der Waals surface area (Å²) in [4.78, 5) is 23.3. The average molecular weight is 212 g/mol. The highest BCUT2D eigenvalue weighted by Gasteiger charge is 2.26. The fourth-order valence-corrected chi connectivity index (χ4v) is 1.25. The number of methoxy groups -OCH3 is 1. The van der Waals surface area contributed by atoms with Crippen LogP contribution in [0.3, 0.4) is 0 Å². The Hall–Kier alpha value is -1.57. The van der Waals surface area contributed by atoms with Gasteiger partial charge >= 0.3 is 5.97 Å². The summed E-state index contributed by atoms with van der Waals surface area (Å²) in [6, 6.07) is 1.18. The highest BCUT2D eigenvalue weighted by Crippen LogP contribution is 2.11. The zero-order valence-corrected chi connectivity index (χ0v) is 9.27. The van der Waals surface area contributed by atoms with Crippen molar-refractivity contribution in [1.82, 2.24) is 4.90 Å². The maximum absolute atomic E-state index is 11.4. The van der Waals surface area contributed by atoms with Crippen LogP contribution in [0.4, 0.5) is 0 Å². The second-order valence-corrected chi connectivity index (χ2v) is 3.60. The van der Waals surface area contributed by atoms with Gasteiger partial charge in [0.05, 0.1) is 13.2 Å². The van der Waals surface area contributed by atoms with E-state index in [0.717, 1.165) is 4.90 Å². The number of ether oxygens (including phenoxy) is 1. The third-order valence-corrected chi connectivity index (χ3v) is 1.96. The highest BCUT2D eigenvalue weighted by molar-refractivity contribution is 5.78. The van der Waals surface area contributed by atoms with Gasteiger partial charge in [-0.15, -0.1) is 0 Å². The summed E-state index contributed by atoms with van der Waals surface area (Å²) < 4.78 is 4.59. The van der Waals surface area contributed by atoms with Crippen LogP contribution in [0.2, 0.25) is 0 Å². The maximum atomic E-state index is 11.4. The van der Waals surface area contributed by atoms with E-state index < -0.39 is 12.0 Å². The first kappa shape index (κ1) is 13.4.